The normalized spacial score (nSPS) is 16.1. The highest BCUT2D eigenvalue weighted by atomic mass is 32.2. The molecule has 2 aromatic carbocycles. The Morgan fingerprint density at radius 1 is 1.09 bits per heavy atom. The molecule has 0 aliphatic carbocycles. The van der Waals surface area contributed by atoms with E-state index in [-0.39, 0.29) is 11.8 Å². The van der Waals surface area contributed by atoms with Crippen molar-refractivity contribution in [1.29, 1.82) is 0 Å². The van der Waals surface area contributed by atoms with E-state index in [1.165, 1.54) is 0 Å². The third-order valence-electron chi connectivity index (χ3n) is 6.41. The first-order valence-corrected chi connectivity index (χ1v) is 12.8. The summed E-state index contributed by atoms with van der Waals surface area (Å²) in [6, 6.07) is 18.1. The SMILES string of the molecule is CSc1cccc(NC(=O)[C@@H]2CCCN(c3nnc(C)c4c(C)n(-c5ccccc5)nc34)C2)c1. The van der Waals surface area contributed by atoms with Crippen LogP contribution >= 0.6 is 11.8 Å². The smallest absolute Gasteiger partial charge is 0.229 e. The Kier molecular flexibility index (Phi) is 6.24. The van der Waals surface area contributed by atoms with Crippen LogP contribution in [-0.4, -0.2) is 45.2 Å². The Hall–Kier alpha value is -3.39. The summed E-state index contributed by atoms with van der Waals surface area (Å²) in [7, 11) is 0. The fourth-order valence-electron chi connectivity index (χ4n) is 4.67. The largest absolute Gasteiger partial charge is 0.352 e. The van der Waals surface area contributed by atoms with E-state index in [1.807, 2.05) is 72.5 Å². The highest BCUT2D eigenvalue weighted by molar-refractivity contribution is 7.98. The molecule has 1 amide bonds. The van der Waals surface area contributed by atoms with Gasteiger partial charge < -0.3 is 10.2 Å². The third-order valence-corrected chi connectivity index (χ3v) is 7.14. The number of nitrogens with one attached hydrogen (secondary N) is 1. The van der Waals surface area contributed by atoms with Crippen molar-refractivity contribution in [2.75, 3.05) is 29.6 Å². The topological polar surface area (TPSA) is 75.9 Å². The van der Waals surface area contributed by atoms with E-state index >= 15 is 0 Å². The van der Waals surface area contributed by atoms with Crippen LogP contribution in [0, 0.1) is 19.8 Å². The number of aryl methyl sites for hydroxylation is 2. The zero-order valence-electron chi connectivity index (χ0n) is 19.7. The Morgan fingerprint density at radius 3 is 2.71 bits per heavy atom. The van der Waals surface area contributed by atoms with Gasteiger partial charge in [-0.05, 0) is 63.3 Å². The van der Waals surface area contributed by atoms with Crippen LogP contribution in [0.25, 0.3) is 16.6 Å². The van der Waals surface area contributed by atoms with Crippen LogP contribution in [0.2, 0.25) is 0 Å². The zero-order chi connectivity index (χ0) is 23.7. The Balaban J connectivity index is 1.43. The van der Waals surface area contributed by atoms with E-state index in [9.17, 15) is 4.79 Å². The molecule has 1 atom stereocenters. The molecule has 1 saturated heterocycles. The maximum Gasteiger partial charge on any atom is 0.229 e. The number of thioether (sulfide) groups is 1. The second-order valence-corrected chi connectivity index (χ2v) is 9.55. The first-order valence-electron chi connectivity index (χ1n) is 11.5. The number of benzene rings is 2. The lowest BCUT2D eigenvalue weighted by Crippen LogP contribution is -2.41. The van der Waals surface area contributed by atoms with Gasteiger partial charge in [-0.3, -0.25) is 4.79 Å². The molecule has 1 N–H and O–H groups in total. The molecule has 174 valence electrons. The number of nitrogens with zero attached hydrogens (tertiary/aromatic N) is 5. The molecule has 2 aromatic heterocycles. The lowest BCUT2D eigenvalue weighted by molar-refractivity contribution is -0.120. The molecular formula is C26H28N6OS. The minimum atomic E-state index is -0.123. The molecule has 0 saturated carbocycles. The number of piperidine rings is 1. The predicted molar refractivity (Wildman–Crippen MR) is 138 cm³/mol. The maximum atomic E-state index is 13.1. The second kappa shape index (κ2) is 9.46. The van der Waals surface area contributed by atoms with Crippen LogP contribution in [0.15, 0.2) is 59.5 Å². The second-order valence-electron chi connectivity index (χ2n) is 8.67. The maximum absolute atomic E-state index is 13.1. The molecule has 1 aliphatic rings. The van der Waals surface area contributed by atoms with Crippen LogP contribution in [0.3, 0.4) is 0 Å². The lowest BCUT2D eigenvalue weighted by Gasteiger charge is -2.32. The average Bonchev–Trinajstić information content (AvgIpc) is 3.23. The number of aromatic nitrogens is 4. The van der Waals surface area contributed by atoms with E-state index in [4.69, 9.17) is 5.10 Å². The summed E-state index contributed by atoms with van der Waals surface area (Å²) >= 11 is 1.66. The summed E-state index contributed by atoms with van der Waals surface area (Å²) in [5.41, 5.74) is 4.57. The summed E-state index contributed by atoms with van der Waals surface area (Å²) in [4.78, 5) is 16.4. The summed E-state index contributed by atoms with van der Waals surface area (Å²) < 4.78 is 1.96. The van der Waals surface area contributed by atoms with Crippen molar-refractivity contribution in [2.24, 2.45) is 5.92 Å². The van der Waals surface area contributed by atoms with Crippen LogP contribution in [0.1, 0.15) is 24.2 Å². The van der Waals surface area contributed by atoms with E-state index < -0.39 is 0 Å². The number of rotatable bonds is 5. The quantitative estimate of drug-likeness (QED) is 0.412. The molecule has 5 rings (SSSR count). The molecule has 4 aromatic rings. The number of para-hydroxylation sites is 1. The van der Waals surface area contributed by atoms with Crippen LogP contribution in [0.4, 0.5) is 11.5 Å². The van der Waals surface area contributed by atoms with Gasteiger partial charge in [0.1, 0.15) is 5.52 Å². The van der Waals surface area contributed by atoms with Gasteiger partial charge in [-0.2, -0.15) is 10.2 Å². The Labute approximate surface area is 203 Å². The van der Waals surface area contributed by atoms with Gasteiger partial charge in [0.15, 0.2) is 5.82 Å². The van der Waals surface area contributed by atoms with Crippen molar-refractivity contribution in [1.82, 2.24) is 20.0 Å². The summed E-state index contributed by atoms with van der Waals surface area (Å²) in [6.45, 7) is 5.46. The van der Waals surface area contributed by atoms with Crippen molar-refractivity contribution in [2.45, 2.75) is 31.6 Å². The molecule has 0 unspecified atom stereocenters. The van der Waals surface area contributed by atoms with Gasteiger partial charge in [0.2, 0.25) is 5.91 Å². The molecule has 34 heavy (non-hydrogen) atoms. The monoisotopic (exact) mass is 472 g/mol. The molecule has 1 fully saturated rings. The van der Waals surface area contributed by atoms with Crippen molar-refractivity contribution in [3.05, 3.63) is 66.0 Å². The van der Waals surface area contributed by atoms with Gasteiger partial charge in [0.05, 0.1) is 28.4 Å². The summed E-state index contributed by atoms with van der Waals surface area (Å²) in [5, 5.41) is 18.1. The predicted octanol–water partition coefficient (Wildman–Crippen LogP) is 5.01. The molecule has 7 nitrogen and oxygen atoms in total. The Bertz CT molecular complexity index is 1340. The molecule has 0 radical (unpaired) electrons. The number of hydrogen-bond donors (Lipinski definition) is 1. The molecule has 0 bridgehead atoms. The minimum absolute atomic E-state index is 0.0465. The first-order chi connectivity index (χ1) is 16.5. The van der Waals surface area contributed by atoms with E-state index in [2.05, 4.69) is 27.3 Å². The minimum Gasteiger partial charge on any atom is -0.352 e. The van der Waals surface area contributed by atoms with Crippen molar-refractivity contribution in [3.8, 4) is 5.69 Å². The fraction of sp³-hybridized carbons (Fsp3) is 0.308. The lowest BCUT2D eigenvalue weighted by atomic mass is 9.97. The van der Waals surface area contributed by atoms with Crippen molar-refractivity contribution in [3.63, 3.8) is 0 Å². The number of anilines is 2. The Morgan fingerprint density at radius 2 is 1.91 bits per heavy atom. The number of amides is 1. The van der Waals surface area contributed by atoms with E-state index in [0.29, 0.717) is 6.54 Å². The third kappa shape index (κ3) is 4.25. The van der Waals surface area contributed by atoms with Crippen LogP contribution in [0.5, 0.6) is 0 Å². The van der Waals surface area contributed by atoms with Gasteiger partial charge >= 0.3 is 0 Å². The van der Waals surface area contributed by atoms with Crippen molar-refractivity contribution >= 4 is 40.1 Å². The number of carbonyl (C=O) groups is 1. The van der Waals surface area contributed by atoms with Gasteiger partial charge in [-0.15, -0.1) is 16.9 Å². The van der Waals surface area contributed by atoms with E-state index in [1.54, 1.807) is 11.8 Å². The molecule has 8 heteroatoms. The van der Waals surface area contributed by atoms with Crippen LogP contribution < -0.4 is 10.2 Å². The number of hydrogen-bond acceptors (Lipinski definition) is 6. The van der Waals surface area contributed by atoms with Gasteiger partial charge in [0, 0.05) is 23.7 Å². The van der Waals surface area contributed by atoms with E-state index in [0.717, 1.165) is 63.8 Å². The first kappa shape index (κ1) is 22.4. The highest BCUT2D eigenvalue weighted by Crippen LogP contribution is 2.32. The molecule has 0 spiro atoms. The average molecular weight is 473 g/mol. The zero-order valence-corrected chi connectivity index (χ0v) is 20.5. The fourth-order valence-corrected chi connectivity index (χ4v) is 5.13. The molecule has 3 heterocycles. The highest BCUT2D eigenvalue weighted by Gasteiger charge is 2.29. The molecular weight excluding hydrogens is 444 g/mol. The summed E-state index contributed by atoms with van der Waals surface area (Å²) in [6.07, 6.45) is 3.80. The number of carbonyl (C=O) groups excluding carboxylic acids is 1. The molecule has 1 aliphatic heterocycles. The van der Waals surface area contributed by atoms with Crippen molar-refractivity contribution < 1.29 is 4.79 Å². The van der Waals surface area contributed by atoms with Crippen LogP contribution in [-0.2, 0) is 4.79 Å². The van der Waals surface area contributed by atoms with Gasteiger partial charge in [0.25, 0.3) is 0 Å². The van der Waals surface area contributed by atoms with Gasteiger partial charge in [-0.1, -0.05) is 24.3 Å². The standard InChI is InChI=1S/C26H28N6OS/c1-17-23-18(2)32(21-11-5-4-6-12-21)30-24(23)25(29-28-17)31-14-8-9-19(16-31)26(33)27-20-10-7-13-22(15-20)34-3/h4-7,10-13,15,19H,8-9,14,16H2,1-3H3,(H,27,33)/t19-/m1/s1. The van der Waals surface area contributed by atoms with Gasteiger partial charge in [-0.25, -0.2) is 4.68 Å². The number of fused-ring (bicyclic) bond motifs is 1. The summed E-state index contributed by atoms with van der Waals surface area (Å²) in [5.74, 6) is 0.674.